The average Bonchev–Trinajstić information content (AvgIpc) is 2.40. The lowest BCUT2D eigenvalue weighted by Crippen LogP contribution is -2.22. The molecule has 23 heavy (non-hydrogen) atoms. The first-order valence-electron chi connectivity index (χ1n) is 6.99. The van der Waals surface area contributed by atoms with Gasteiger partial charge in [-0.25, -0.2) is 0 Å². The van der Waals surface area contributed by atoms with E-state index in [1.807, 2.05) is 52.0 Å². The monoisotopic (exact) mass is 354 g/mol. The summed E-state index contributed by atoms with van der Waals surface area (Å²) in [6.45, 7) is 7.93. The highest BCUT2D eigenvalue weighted by Crippen LogP contribution is 2.19. The zero-order valence-electron chi connectivity index (χ0n) is 13.6. The molecule has 0 unspecified atom stereocenters. The Labute approximate surface area is 143 Å². The highest BCUT2D eigenvalue weighted by atomic mass is 32.2. The topological polar surface area (TPSA) is 63.6 Å². The molecule has 0 heterocycles. The van der Waals surface area contributed by atoms with Crippen LogP contribution in [0.3, 0.4) is 0 Å². The van der Waals surface area contributed by atoms with Crippen molar-refractivity contribution in [3.8, 4) is 5.75 Å². The van der Waals surface area contributed by atoms with Crippen molar-refractivity contribution in [3.05, 3.63) is 54.1 Å². The van der Waals surface area contributed by atoms with E-state index in [9.17, 15) is 8.42 Å². The Morgan fingerprint density at radius 1 is 0.957 bits per heavy atom. The van der Waals surface area contributed by atoms with Gasteiger partial charge in [-0.15, -0.1) is 12.6 Å². The molecular formula is C17H22O4S2. The lowest BCUT2D eigenvalue weighted by Gasteiger charge is -2.21. The summed E-state index contributed by atoms with van der Waals surface area (Å²) in [6, 6.07) is 13.7. The van der Waals surface area contributed by atoms with Crippen molar-refractivity contribution in [3.63, 3.8) is 0 Å². The Kier molecular flexibility index (Phi) is 6.68. The molecule has 1 N–H and O–H groups in total. The van der Waals surface area contributed by atoms with Gasteiger partial charge in [0.15, 0.2) is 0 Å². The Morgan fingerprint density at radius 3 is 1.83 bits per heavy atom. The maximum absolute atomic E-state index is 10.5. The molecule has 0 radical (unpaired) electrons. The molecule has 4 nitrogen and oxygen atoms in total. The molecule has 0 spiro atoms. The summed E-state index contributed by atoms with van der Waals surface area (Å²) >= 11 is 4.19. The number of ether oxygens (including phenoxy) is 1. The van der Waals surface area contributed by atoms with Crippen LogP contribution in [0.5, 0.6) is 5.75 Å². The second-order valence-corrected chi connectivity index (χ2v) is 7.93. The molecular weight excluding hydrogens is 332 g/mol. The van der Waals surface area contributed by atoms with Crippen molar-refractivity contribution in [1.82, 2.24) is 0 Å². The molecule has 0 saturated carbocycles. The first-order chi connectivity index (χ1) is 10.5. The first-order valence-corrected chi connectivity index (χ1v) is 8.88. The Balaban J connectivity index is 0.000000231. The minimum Gasteiger partial charge on any atom is -0.488 e. The van der Waals surface area contributed by atoms with Gasteiger partial charge in [-0.1, -0.05) is 17.7 Å². The predicted molar refractivity (Wildman–Crippen MR) is 95.1 cm³/mol. The summed E-state index contributed by atoms with van der Waals surface area (Å²) in [7, 11) is -4.02. The van der Waals surface area contributed by atoms with Crippen molar-refractivity contribution in [2.45, 2.75) is 43.1 Å². The van der Waals surface area contributed by atoms with Gasteiger partial charge in [0, 0.05) is 4.90 Å². The second-order valence-electron chi connectivity index (χ2n) is 6.00. The minimum atomic E-state index is -4.02. The second kappa shape index (κ2) is 7.86. The molecule has 0 aromatic heterocycles. The van der Waals surface area contributed by atoms with Gasteiger partial charge < -0.3 is 4.74 Å². The maximum atomic E-state index is 10.5. The average molecular weight is 354 g/mol. The number of aryl methyl sites for hydroxylation is 1. The maximum Gasteiger partial charge on any atom is 0.294 e. The zero-order chi connectivity index (χ0) is 17.7. The zero-order valence-corrected chi connectivity index (χ0v) is 15.4. The number of rotatable bonds is 2. The van der Waals surface area contributed by atoms with Crippen LogP contribution in [0.4, 0.5) is 0 Å². The van der Waals surface area contributed by atoms with Gasteiger partial charge in [0.2, 0.25) is 0 Å². The summed E-state index contributed by atoms with van der Waals surface area (Å²) in [5, 5.41) is 0. The normalized spacial score (nSPS) is 11.4. The summed E-state index contributed by atoms with van der Waals surface area (Å²) in [6.07, 6.45) is 0. The number of hydrogen-bond acceptors (Lipinski definition) is 4. The fourth-order valence-corrected chi connectivity index (χ4v) is 2.21. The van der Waals surface area contributed by atoms with Gasteiger partial charge in [0.05, 0.1) is 4.90 Å². The summed E-state index contributed by atoms with van der Waals surface area (Å²) in [5.41, 5.74) is 0.829. The lowest BCUT2D eigenvalue weighted by atomic mass is 10.2. The molecule has 2 aromatic rings. The molecule has 0 amide bonds. The third-order valence-corrected chi connectivity index (χ3v) is 3.75. The van der Waals surface area contributed by atoms with E-state index in [1.165, 1.54) is 12.1 Å². The molecule has 0 aliphatic carbocycles. The smallest absolute Gasteiger partial charge is 0.294 e. The molecule has 0 atom stereocenters. The van der Waals surface area contributed by atoms with E-state index in [4.69, 9.17) is 9.29 Å². The van der Waals surface area contributed by atoms with E-state index in [-0.39, 0.29) is 10.5 Å². The predicted octanol–water partition coefficient (Wildman–Crippen LogP) is 4.39. The Morgan fingerprint density at radius 2 is 1.43 bits per heavy atom. The van der Waals surface area contributed by atoms with Gasteiger partial charge in [-0.3, -0.25) is 4.55 Å². The lowest BCUT2D eigenvalue weighted by molar-refractivity contribution is 0.131. The van der Waals surface area contributed by atoms with Crippen LogP contribution in [0.15, 0.2) is 58.3 Å². The minimum absolute atomic E-state index is 0.0666. The molecule has 0 aliphatic heterocycles. The largest absolute Gasteiger partial charge is 0.488 e. The Hall–Kier alpha value is -1.50. The standard InChI is InChI=1S/C10H14OS.C7H8O3S/c1-10(2,3)11-8-4-6-9(12)7-5-8;1-6-2-4-7(5-3-6)11(8,9)10/h4-7,12H,1-3H3;2-5H,1H3,(H,8,9,10). The summed E-state index contributed by atoms with van der Waals surface area (Å²) < 4.78 is 35.2. The van der Waals surface area contributed by atoms with E-state index in [1.54, 1.807) is 12.1 Å². The first kappa shape index (κ1) is 19.5. The Bertz CT molecular complexity index is 713. The summed E-state index contributed by atoms with van der Waals surface area (Å²) in [5.74, 6) is 0.889. The van der Waals surface area contributed by atoms with Crippen molar-refractivity contribution in [2.75, 3.05) is 0 Å². The van der Waals surface area contributed by atoms with Crippen molar-refractivity contribution >= 4 is 22.7 Å². The van der Waals surface area contributed by atoms with Gasteiger partial charge in [-0.05, 0) is 64.1 Å². The van der Waals surface area contributed by atoms with E-state index in [0.717, 1.165) is 16.2 Å². The van der Waals surface area contributed by atoms with E-state index < -0.39 is 10.1 Å². The van der Waals surface area contributed by atoms with Gasteiger partial charge in [0.1, 0.15) is 11.4 Å². The van der Waals surface area contributed by atoms with Gasteiger partial charge in [-0.2, -0.15) is 8.42 Å². The van der Waals surface area contributed by atoms with Crippen LogP contribution in [-0.4, -0.2) is 18.6 Å². The molecule has 0 bridgehead atoms. The molecule has 126 valence electrons. The van der Waals surface area contributed by atoms with Crippen LogP contribution >= 0.6 is 12.6 Å². The molecule has 2 rings (SSSR count). The van der Waals surface area contributed by atoms with E-state index >= 15 is 0 Å². The highest BCUT2D eigenvalue weighted by molar-refractivity contribution is 7.85. The van der Waals surface area contributed by atoms with Crippen molar-refractivity contribution in [2.24, 2.45) is 0 Å². The van der Waals surface area contributed by atoms with Crippen molar-refractivity contribution < 1.29 is 17.7 Å². The number of thiol groups is 1. The number of hydrogen-bond donors (Lipinski definition) is 2. The quantitative estimate of drug-likeness (QED) is 0.620. The van der Waals surface area contributed by atoms with Crippen LogP contribution < -0.4 is 4.74 Å². The third-order valence-electron chi connectivity index (χ3n) is 2.58. The van der Waals surface area contributed by atoms with E-state index in [2.05, 4.69) is 12.6 Å². The molecule has 2 aromatic carbocycles. The van der Waals surface area contributed by atoms with Gasteiger partial charge >= 0.3 is 0 Å². The van der Waals surface area contributed by atoms with Crippen LogP contribution in [-0.2, 0) is 10.1 Å². The van der Waals surface area contributed by atoms with Crippen molar-refractivity contribution in [1.29, 1.82) is 0 Å². The van der Waals surface area contributed by atoms with Crippen LogP contribution in [0.1, 0.15) is 26.3 Å². The SMILES string of the molecule is CC(C)(C)Oc1ccc(S)cc1.Cc1ccc(S(=O)(=O)O)cc1. The fourth-order valence-electron chi connectivity index (χ4n) is 1.58. The summed E-state index contributed by atoms with van der Waals surface area (Å²) in [4.78, 5) is 0.888. The molecule has 0 fully saturated rings. The van der Waals surface area contributed by atoms with Crippen LogP contribution in [0.2, 0.25) is 0 Å². The van der Waals surface area contributed by atoms with E-state index in [0.29, 0.717) is 0 Å². The van der Waals surface area contributed by atoms with Crippen LogP contribution in [0, 0.1) is 6.92 Å². The molecule has 0 aliphatic rings. The van der Waals surface area contributed by atoms with Gasteiger partial charge in [0.25, 0.3) is 10.1 Å². The van der Waals surface area contributed by atoms with Crippen LogP contribution in [0.25, 0.3) is 0 Å². The molecule has 6 heteroatoms. The fraction of sp³-hybridized carbons (Fsp3) is 0.294. The molecule has 0 saturated heterocycles. The highest BCUT2D eigenvalue weighted by Gasteiger charge is 2.10. The third kappa shape index (κ3) is 8.06. The number of benzene rings is 2.